The Morgan fingerprint density at radius 1 is 0.857 bits per heavy atom. The Kier molecular flexibility index (Phi) is 7.56. The van der Waals surface area contributed by atoms with Crippen molar-refractivity contribution in [1.82, 2.24) is 14.8 Å². The Morgan fingerprint density at radius 3 is 1.60 bits per heavy atom. The van der Waals surface area contributed by atoms with E-state index in [1.165, 1.54) is 36.0 Å². The van der Waals surface area contributed by atoms with Crippen molar-refractivity contribution < 1.29 is 14.4 Å². The van der Waals surface area contributed by atoms with E-state index in [2.05, 4.69) is 110 Å². The highest BCUT2D eigenvalue weighted by Gasteiger charge is 2.54. The maximum Gasteiger partial charge on any atom is 0.692 e. The van der Waals surface area contributed by atoms with Crippen LogP contribution >= 0.6 is 8.25 Å². The van der Waals surface area contributed by atoms with Crippen molar-refractivity contribution in [3.8, 4) is 0 Å². The van der Waals surface area contributed by atoms with Crippen molar-refractivity contribution in [2.24, 2.45) is 5.41 Å². The molecule has 0 spiro atoms. The summed E-state index contributed by atoms with van der Waals surface area (Å²) in [7, 11) is -2.87. The fourth-order valence-electron chi connectivity index (χ4n) is 5.28. The quantitative estimate of drug-likeness (QED) is 0.245. The van der Waals surface area contributed by atoms with Crippen LogP contribution in [0.15, 0.2) is 97.3 Å². The molecule has 1 fully saturated rings. The van der Waals surface area contributed by atoms with E-state index in [0.29, 0.717) is 11.3 Å². The number of rotatable bonds is 7. The summed E-state index contributed by atoms with van der Waals surface area (Å²) in [6.45, 7) is 4.59. The molecule has 35 heavy (non-hydrogen) atoms. The minimum absolute atomic E-state index is 0.376. The largest absolute Gasteiger partial charge is 0.692 e. The van der Waals surface area contributed by atoms with Crippen LogP contribution in [0.5, 0.6) is 0 Å². The second-order valence-electron chi connectivity index (χ2n) is 8.93. The summed E-state index contributed by atoms with van der Waals surface area (Å²) in [6.07, 6.45) is 5.50. The van der Waals surface area contributed by atoms with Gasteiger partial charge in [0.25, 0.3) is 0 Å². The Balaban J connectivity index is 0.000000672. The van der Waals surface area contributed by atoms with Crippen LogP contribution in [-0.4, -0.2) is 24.6 Å². The standard InChI is InChI=1S/C28H29N3.HO3P/c1-3-27(4-2)20-25(27)26-29-21-31(30-26)28(22-14-8-5-9-15-22,23-16-10-6-11-17-23)24-18-12-7-13-19-24;1-4(2)3/h5-19,21,25H,3-4,20H2,1-2H3;(H-,1,2,3)/p+1. The third-order valence-corrected chi connectivity index (χ3v) is 7.34. The van der Waals surface area contributed by atoms with Gasteiger partial charge in [-0.05, 0) is 41.4 Å². The van der Waals surface area contributed by atoms with Crippen LogP contribution < -0.4 is 0 Å². The number of benzene rings is 3. The van der Waals surface area contributed by atoms with Crippen LogP contribution in [0, 0.1) is 5.41 Å². The molecule has 1 atom stereocenters. The highest BCUT2D eigenvalue weighted by molar-refractivity contribution is 7.30. The van der Waals surface area contributed by atoms with Crippen molar-refractivity contribution in [1.29, 1.82) is 0 Å². The molecule has 1 heterocycles. The van der Waals surface area contributed by atoms with E-state index in [4.69, 9.17) is 24.4 Å². The topological polar surface area (TPSA) is 88.2 Å². The first kappa shape index (κ1) is 24.9. The Labute approximate surface area is 207 Å². The van der Waals surface area contributed by atoms with Gasteiger partial charge in [0, 0.05) is 10.5 Å². The molecule has 1 aliphatic rings. The molecule has 1 aromatic heterocycles. The predicted octanol–water partition coefficient (Wildman–Crippen LogP) is 6.04. The summed E-state index contributed by atoms with van der Waals surface area (Å²) < 4.78 is 10.8. The van der Waals surface area contributed by atoms with E-state index in [-0.39, 0.29) is 0 Å². The lowest BCUT2D eigenvalue weighted by Crippen LogP contribution is -2.38. The number of hydrogen-bond acceptors (Lipinski definition) is 3. The maximum atomic E-state index is 8.70. The van der Waals surface area contributed by atoms with E-state index in [0.717, 1.165) is 5.82 Å². The molecule has 0 amide bonds. The number of nitrogens with zero attached hydrogens (tertiary/aromatic N) is 3. The molecule has 2 N–H and O–H groups in total. The summed E-state index contributed by atoms with van der Waals surface area (Å²) in [5, 5.41) is 5.17. The van der Waals surface area contributed by atoms with Gasteiger partial charge in [-0.3, -0.25) is 0 Å². The van der Waals surface area contributed by atoms with Gasteiger partial charge in [0.15, 0.2) is 5.82 Å². The van der Waals surface area contributed by atoms with E-state index in [1.807, 2.05) is 6.33 Å². The van der Waals surface area contributed by atoms with Crippen molar-refractivity contribution >= 4 is 8.25 Å². The second-order valence-corrected chi connectivity index (χ2v) is 9.44. The van der Waals surface area contributed by atoms with Crippen molar-refractivity contribution in [2.75, 3.05) is 0 Å². The highest BCUT2D eigenvalue weighted by Crippen LogP contribution is 2.62. The summed E-state index contributed by atoms with van der Waals surface area (Å²) in [5.41, 5.74) is 3.33. The van der Waals surface area contributed by atoms with E-state index in [9.17, 15) is 0 Å². The lowest BCUT2D eigenvalue weighted by atomic mass is 9.77. The van der Waals surface area contributed by atoms with Gasteiger partial charge in [0.2, 0.25) is 0 Å². The minimum atomic E-state index is -2.87. The number of aromatic nitrogens is 3. The first-order chi connectivity index (χ1) is 17.0. The average Bonchev–Trinajstić information content (AvgIpc) is 3.44. The molecule has 1 saturated carbocycles. The first-order valence-electron chi connectivity index (χ1n) is 11.9. The lowest BCUT2D eigenvalue weighted by molar-refractivity contribution is 0.405. The van der Waals surface area contributed by atoms with Crippen molar-refractivity contribution in [2.45, 2.75) is 44.6 Å². The van der Waals surface area contributed by atoms with Crippen LogP contribution in [0.25, 0.3) is 0 Å². The first-order valence-corrected chi connectivity index (χ1v) is 13.1. The van der Waals surface area contributed by atoms with Gasteiger partial charge < -0.3 is 0 Å². The Hall–Kier alpha value is -3.18. The zero-order valence-corrected chi connectivity index (χ0v) is 20.9. The smallest absolute Gasteiger partial charge is 0.233 e. The van der Waals surface area contributed by atoms with Crippen LogP contribution in [-0.2, 0) is 10.1 Å². The second kappa shape index (κ2) is 10.6. The van der Waals surface area contributed by atoms with Gasteiger partial charge in [-0.25, -0.2) is 9.67 Å². The third-order valence-electron chi connectivity index (χ3n) is 7.34. The normalized spacial score (nSPS) is 16.2. The molecule has 0 bridgehead atoms. The molecule has 0 radical (unpaired) electrons. The van der Waals surface area contributed by atoms with E-state index in [1.54, 1.807) is 0 Å². The molecule has 5 rings (SSSR count). The lowest BCUT2D eigenvalue weighted by Gasteiger charge is -2.35. The molecule has 180 valence electrons. The molecule has 1 unspecified atom stereocenters. The Bertz CT molecular complexity index is 1140. The SMILES string of the molecule is CCC1(CC)CC1c1ncn(C(c2ccccc2)(c2ccccc2)c2ccccc2)n1.O=[P+](O)O. The summed E-state index contributed by atoms with van der Waals surface area (Å²) in [4.78, 5) is 19.1. The zero-order valence-electron chi connectivity index (χ0n) is 20.0. The van der Waals surface area contributed by atoms with Gasteiger partial charge in [-0.15, -0.1) is 9.79 Å². The maximum absolute atomic E-state index is 8.70. The minimum Gasteiger partial charge on any atom is -0.233 e. The fraction of sp³-hybridized carbons (Fsp3) is 0.286. The molecule has 7 heteroatoms. The van der Waals surface area contributed by atoms with Crippen LogP contribution in [0.2, 0.25) is 0 Å². The van der Waals surface area contributed by atoms with Gasteiger partial charge in [0.1, 0.15) is 11.9 Å². The third kappa shape index (κ3) is 4.83. The molecule has 1 aliphatic carbocycles. The van der Waals surface area contributed by atoms with Gasteiger partial charge in [-0.2, -0.15) is 5.10 Å². The molecule has 3 aromatic carbocycles. The van der Waals surface area contributed by atoms with Gasteiger partial charge in [-0.1, -0.05) is 105 Å². The highest BCUT2D eigenvalue weighted by atomic mass is 31.1. The van der Waals surface area contributed by atoms with E-state index < -0.39 is 13.8 Å². The molecule has 6 nitrogen and oxygen atoms in total. The summed E-state index contributed by atoms with van der Waals surface area (Å²) in [6, 6.07) is 32.0. The van der Waals surface area contributed by atoms with Gasteiger partial charge >= 0.3 is 8.25 Å². The average molecular weight is 489 g/mol. The molecule has 4 aromatic rings. The van der Waals surface area contributed by atoms with Crippen molar-refractivity contribution in [3.63, 3.8) is 0 Å². The number of hydrogen-bond donors (Lipinski definition) is 2. The molecular formula is C28H31N3O3P+. The predicted molar refractivity (Wildman–Crippen MR) is 137 cm³/mol. The van der Waals surface area contributed by atoms with Crippen LogP contribution in [0.3, 0.4) is 0 Å². The molecular weight excluding hydrogens is 457 g/mol. The Morgan fingerprint density at radius 2 is 1.26 bits per heavy atom. The zero-order chi connectivity index (χ0) is 24.9. The van der Waals surface area contributed by atoms with Crippen LogP contribution in [0.4, 0.5) is 0 Å². The van der Waals surface area contributed by atoms with E-state index >= 15 is 0 Å². The van der Waals surface area contributed by atoms with Crippen molar-refractivity contribution in [3.05, 3.63) is 120 Å². The van der Waals surface area contributed by atoms with Gasteiger partial charge in [0.05, 0.1) is 0 Å². The fourth-order valence-corrected chi connectivity index (χ4v) is 5.28. The summed E-state index contributed by atoms with van der Waals surface area (Å²) >= 11 is 0. The molecule has 0 saturated heterocycles. The molecule has 0 aliphatic heterocycles. The van der Waals surface area contributed by atoms with Crippen LogP contribution in [0.1, 0.15) is 61.5 Å². The summed E-state index contributed by atoms with van der Waals surface area (Å²) in [5.74, 6) is 1.44. The monoisotopic (exact) mass is 488 g/mol.